The third kappa shape index (κ3) is 5.12. The number of ether oxygens (including phenoxy) is 2. The predicted molar refractivity (Wildman–Crippen MR) is 173 cm³/mol. The molecule has 3 aliphatic rings. The van der Waals surface area contributed by atoms with Crippen molar-refractivity contribution in [2.24, 2.45) is 0 Å². The van der Waals surface area contributed by atoms with Crippen molar-refractivity contribution in [2.45, 2.75) is 75.9 Å². The molecule has 3 aliphatic heterocycles. The first-order valence-electron chi connectivity index (χ1n) is 16.2. The van der Waals surface area contributed by atoms with Gasteiger partial charge in [0.05, 0.1) is 46.2 Å². The van der Waals surface area contributed by atoms with E-state index in [0.717, 1.165) is 78.2 Å². The van der Waals surface area contributed by atoms with Crippen molar-refractivity contribution >= 4 is 27.8 Å². The minimum absolute atomic E-state index is 0.223. The maximum Gasteiger partial charge on any atom is 0.196 e. The van der Waals surface area contributed by atoms with Gasteiger partial charge in [0.15, 0.2) is 6.29 Å². The first-order chi connectivity index (χ1) is 21.6. The normalized spacial score (nSPS) is 24.5. The van der Waals surface area contributed by atoms with E-state index < -0.39 is 0 Å². The Hall–Kier alpha value is -3.92. The zero-order valence-corrected chi connectivity index (χ0v) is 25.5. The Balaban J connectivity index is 1.14. The number of H-pyrrole nitrogens is 2. The third-order valence-corrected chi connectivity index (χ3v) is 9.75. The topological polar surface area (TPSA) is 103 Å². The molecule has 44 heavy (non-hydrogen) atoms. The van der Waals surface area contributed by atoms with Gasteiger partial charge in [-0.3, -0.25) is 0 Å². The molecule has 9 nitrogen and oxygen atoms in total. The van der Waals surface area contributed by atoms with E-state index in [-0.39, 0.29) is 18.4 Å². The Labute approximate surface area is 257 Å². The Morgan fingerprint density at radius 1 is 0.727 bits per heavy atom. The number of anilines is 1. The van der Waals surface area contributed by atoms with Gasteiger partial charge in [-0.05, 0) is 118 Å². The monoisotopic (exact) mass is 591 g/mol. The first kappa shape index (κ1) is 27.6. The fourth-order valence-corrected chi connectivity index (χ4v) is 7.44. The molecule has 228 valence electrons. The Morgan fingerprint density at radius 3 is 1.75 bits per heavy atom. The molecule has 4 N–H and O–H groups in total. The van der Waals surface area contributed by atoms with Crippen LogP contribution in [0.1, 0.15) is 92.4 Å². The largest absolute Gasteiger partial charge is 0.465 e. The standard InChI is InChI=1S/C35H41N7O2/c1-21(43-2)44-25-11-9-24(10-12-25)42-32(22-7-13-26-30(19-22)40-34(38-26)28-5-3-17-36-28)15-16-33(42)23-8-14-27-31(20-23)41-35(39-27)29-6-4-18-37-29/h7-14,19-21,28-29,32-33,36-37H,3-6,15-18H2,1-2H3,(H,38,40)(H,39,41)/t21?,28-,29-,32+,33+/m0/s1. The molecule has 9 heteroatoms. The number of methoxy groups -OCH3 is 1. The summed E-state index contributed by atoms with van der Waals surface area (Å²) >= 11 is 0. The highest BCUT2D eigenvalue weighted by Gasteiger charge is 2.36. The average molecular weight is 592 g/mol. The van der Waals surface area contributed by atoms with Crippen molar-refractivity contribution in [3.8, 4) is 5.75 Å². The number of aromatic amines is 2. The van der Waals surface area contributed by atoms with Crippen LogP contribution in [0.4, 0.5) is 5.69 Å². The highest BCUT2D eigenvalue weighted by atomic mass is 16.7. The van der Waals surface area contributed by atoms with Gasteiger partial charge in [-0.2, -0.15) is 0 Å². The lowest BCUT2D eigenvalue weighted by atomic mass is 10.0. The number of rotatable bonds is 8. The number of nitrogens with zero attached hydrogens (tertiary/aromatic N) is 3. The second-order valence-electron chi connectivity index (χ2n) is 12.5. The summed E-state index contributed by atoms with van der Waals surface area (Å²) in [7, 11) is 1.66. The Morgan fingerprint density at radius 2 is 1.27 bits per heavy atom. The molecule has 0 amide bonds. The zero-order chi connectivity index (χ0) is 29.6. The fraction of sp³-hybridized carbons (Fsp3) is 0.429. The molecular formula is C35H41N7O2. The maximum absolute atomic E-state index is 5.92. The van der Waals surface area contributed by atoms with E-state index in [1.54, 1.807) is 7.11 Å². The van der Waals surface area contributed by atoms with Gasteiger partial charge in [0, 0.05) is 12.8 Å². The van der Waals surface area contributed by atoms with Crippen LogP contribution in [0.3, 0.4) is 0 Å². The first-order valence-corrected chi connectivity index (χ1v) is 16.2. The number of fused-ring (bicyclic) bond motifs is 2. The van der Waals surface area contributed by atoms with Gasteiger partial charge >= 0.3 is 0 Å². The molecule has 0 radical (unpaired) electrons. The third-order valence-electron chi connectivity index (χ3n) is 9.75. The second-order valence-corrected chi connectivity index (χ2v) is 12.5. The molecule has 0 saturated carbocycles. The lowest BCUT2D eigenvalue weighted by Gasteiger charge is -2.33. The number of aromatic nitrogens is 4. The van der Waals surface area contributed by atoms with Crippen molar-refractivity contribution in [1.29, 1.82) is 0 Å². The maximum atomic E-state index is 5.92. The summed E-state index contributed by atoms with van der Waals surface area (Å²) in [4.78, 5) is 19.7. The van der Waals surface area contributed by atoms with E-state index in [9.17, 15) is 0 Å². The predicted octanol–water partition coefficient (Wildman–Crippen LogP) is 6.74. The van der Waals surface area contributed by atoms with Gasteiger partial charge < -0.3 is 35.0 Å². The quantitative estimate of drug-likeness (QED) is 0.148. The van der Waals surface area contributed by atoms with Crippen LogP contribution >= 0.6 is 0 Å². The average Bonchev–Trinajstić information content (AvgIpc) is 3.89. The summed E-state index contributed by atoms with van der Waals surface area (Å²) in [6, 6.07) is 23.1. The molecule has 3 aromatic carbocycles. The van der Waals surface area contributed by atoms with Crippen LogP contribution in [-0.4, -0.2) is 46.4 Å². The smallest absolute Gasteiger partial charge is 0.196 e. The van der Waals surface area contributed by atoms with Crippen molar-refractivity contribution in [2.75, 3.05) is 25.1 Å². The van der Waals surface area contributed by atoms with Crippen LogP contribution < -0.4 is 20.3 Å². The molecular weight excluding hydrogens is 550 g/mol. The van der Waals surface area contributed by atoms with Gasteiger partial charge in [0.25, 0.3) is 0 Å². The van der Waals surface area contributed by atoms with Crippen LogP contribution in [0, 0.1) is 0 Å². The van der Waals surface area contributed by atoms with Gasteiger partial charge in [0.2, 0.25) is 0 Å². The molecule has 5 atom stereocenters. The number of nitrogens with one attached hydrogen (secondary N) is 4. The fourth-order valence-electron chi connectivity index (χ4n) is 7.44. The summed E-state index contributed by atoms with van der Waals surface area (Å²) in [6.07, 6.45) is 6.46. The van der Waals surface area contributed by atoms with Crippen molar-refractivity contribution in [1.82, 2.24) is 30.6 Å². The summed E-state index contributed by atoms with van der Waals surface area (Å²) in [5, 5.41) is 7.15. The van der Waals surface area contributed by atoms with Crippen molar-refractivity contribution in [3.05, 3.63) is 83.4 Å². The summed E-state index contributed by atoms with van der Waals surface area (Å²) in [6.45, 7) is 4.02. The molecule has 8 rings (SSSR count). The lowest BCUT2D eigenvalue weighted by molar-refractivity contribution is -0.0382. The summed E-state index contributed by atoms with van der Waals surface area (Å²) < 4.78 is 11.2. The van der Waals surface area contributed by atoms with Gasteiger partial charge in [-0.1, -0.05) is 12.1 Å². The van der Waals surface area contributed by atoms with Gasteiger partial charge in [0.1, 0.15) is 17.4 Å². The van der Waals surface area contributed by atoms with Crippen LogP contribution in [0.2, 0.25) is 0 Å². The van der Waals surface area contributed by atoms with Gasteiger partial charge in [-0.15, -0.1) is 0 Å². The molecule has 3 fully saturated rings. The molecule has 2 aromatic heterocycles. The number of hydrogen-bond donors (Lipinski definition) is 4. The lowest BCUT2D eigenvalue weighted by Crippen LogP contribution is -2.26. The minimum Gasteiger partial charge on any atom is -0.465 e. The van der Waals surface area contributed by atoms with Crippen LogP contribution in [0.5, 0.6) is 5.75 Å². The van der Waals surface area contributed by atoms with E-state index in [0.29, 0.717) is 12.1 Å². The molecule has 1 unspecified atom stereocenters. The summed E-state index contributed by atoms with van der Waals surface area (Å²) in [5.41, 5.74) is 8.07. The Kier molecular flexibility index (Phi) is 7.24. The van der Waals surface area contributed by atoms with E-state index in [1.807, 2.05) is 6.92 Å². The van der Waals surface area contributed by atoms with Crippen LogP contribution in [0.25, 0.3) is 22.1 Å². The van der Waals surface area contributed by atoms with E-state index >= 15 is 0 Å². The molecule has 5 aromatic rings. The molecule has 0 spiro atoms. The van der Waals surface area contributed by atoms with Gasteiger partial charge in [-0.25, -0.2) is 9.97 Å². The zero-order valence-electron chi connectivity index (χ0n) is 25.5. The van der Waals surface area contributed by atoms with E-state index in [2.05, 4.69) is 86.2 Å². The highest BCUT2D eigenvalue weighted by molar-refractivity contribution is 5.78. The SMILES string of the molecule is COC(C)Oc1ccc(N2[C@@H](c3ccc4nc([C@@H]5CCCN5)[nH]c4c3)CC[C@@H]2c2ccc3nc([C@@H]4CCCN4)[nH]c3c2)cc1. The Bertz CT molecular complexity index is 1650. The molecule has 3 saturated heterocycles. The minimum atomic E-state index is -0.302. The van der Waals surface area contributed by atoms with Crippen molar-refractivity contribution in [3.63, 3.8) is 0 Å². The number of hydrogen-bond acceptors (Lipinski definition) is 7. The highest BCUT2D eigenvalue weighted by Crippen LogP contribution is 2.48. The van der Waals surface area contributed by atoms with Crippen LogP contribution in [-0.2, 0) is 4.74 Å². The summed E-state index contributed by atoms with van der Waals surface area (Å²) in [5.74, 6) is 2.91. The second kappa shape index (κ2) is 11.5. The number of benzene rings is 3. The number of imidazole rings is 2. The molecule has 0 aliphatic carbocycles. The van der Waals surface area contributed by atoms with E-state index in [4.69, 9.17) is 19.4 Å². The molecule has 5 heterocycles. The van der Waals surface area contributed by atoms with Crippen molar-refractivity contribution < 1.29 is 9.47 Å². The molecule has 0 bridgehead atoms. The van der Waals surface area contributed by atoms with E-state index in [1.165, 1.54) is 29.7 Å². The van der Waals surface area contributed by atoms with Crippen LogP contribution in [0.15, 0.2) is 60.7 Å².